The van der Waals surface area contributed by atoms with Crippen molar-refractivity contribution >= 4 is 34.4 Å². The van der Waals surface area contributed by atoms with Gasteiger partial charge in [0.15, 0.2) is 11.4 Å². The highest BCUT2D eigenvalue weighted by Gasteiger charge is 2.36. The molecule has 0 unspecified atom stereocenters. The standard InChI is InChI=1S/C24H30FIN4O5/c1-5-6-17(35-4)11-28-13-29(14(2)3)24(34)20-22(32)21(31)18(12-30(20)28)23(33)27-10-15-7-8-16(25)9-19(15)26/h7-9,12,14,17,32H,5-6,10-11,13H2,1-4H3,(H,27,33)/t17-/m0/s1. The molecule has 2 heterocycles. The van der Waals surface area contributed by atoms with Crippen LogP contribution in [0.2, 0.25) is 0 Å². The second kappa shape index (κ2) is 11.4. The van der Waals surface area contributed by atoms with Crippen LogP contribution in [-0.4, -0.2) is 59.0 Å². The number of halogens is 2. The number of nitrogens with zero attached hydrogens (tertiary/aromatic N) is 3. The van der Waals surface area contributed by atoms with Crippen molar-refractivity contribution in [2.24, 2.45) is 0 Å². The number of rotatable bonds is 9. The van der Waals surface area contributed by atoms with E-state index < -0.39 is 23.0 Å². The summed E-state index contributed by atoms with van der Waals surface area (Å²) in [5, 5.41) is 15.2. The minimum absolute atomic E-state index is 0.0609. The molecule has 1 aliphatic rings. The van der Waals surface area contributed by atoms with Gasteiger partial charge in [0.25, 0.3) is 11.8 Å². The molecule has 2 N–H and O–H groups in total. The first kappa shape index (κ1) is 26.9. The van der Waals surface area contributed by atoms with E-state index in [1.807, 2.05) is 43.4 Å². The molecule has 2 amide bonds. The first-order chi connectivity index (χ1) is 16.6. The van der Waals surface area contributed by atoms with E-state index in [9.17, 15) is 23.9 Å². The summed E-state index contributed by atoms with van der Waals surface area (Å²) in [5.41, 5.74) is -0.748. The number of hydrogen-bond acceptors (Lipinski definition) is 6. The molecule has 0 saturated heterocycles. The van der Waals surface area contributed by atoms with Crippen molar-refractivity contribution in [3.63, 3.8) is 0 Å². The van der Waals surface area contributed by atoms with Crippen molar-refractivity contribution in [1.29, 1.82) is 0 Å². The van der Waals surface area contributed by atoms with Crippen molar-refractivity contribution in [2.75, 3.05) is 25.3 Å². The molecule has 9 nitrogen and oxygen atoms in total. The maximum Gasteiger partial charge on any atom is 0.278 e. The fourth-order valence-electron chi connectivity index (χ4n) is 3.94. The molecule has 0 aliphatic carbocycles. The topological polar surface area (TPSA) is 104 Å². The predicted molar refractivity (Wildman–Crippen MR) is 138 cm³/mol. The van der Waals surface area contributed by atoms with Crippen molar-refractivity contribution in [3.8, 4) is 5.75 Å². The molecule has 0 radical (unpaired) electrons. The normalized spacial score (nSPS) is 14.3. The molecule has 1 aromatic heterocycles. The Balaban J connectivity index is 1.99. The highest BCUT2D eigenvalue weighted by Crippen LogP contribution is 2.23. The van der Waals surface area contributed by atoms with Gasteiger partial charge in [-0.2, -0.15) is 0 Å². The highest BCUT2D eigenvalue weighted by molar-refractivity contribution is 14.1. The fourth-order valence-corrected chi connectivity index (χ4v) is 4.61. The van der Waals surface area contributed by atoms with Crippen molar-refractivity contribution in [2.45, 2.75) is 52.3 Å². The number of aromatic nitrogens is 1. The molecule has 0 saturated carbocycles. The summed E-state index contributed by atoms with van der Waals surface area (Å²) >= 11 is 1.96. The van der Waals surface area contributed by atoms with Crippen LogP contribution in [0.1, 0.15) is 60.0 Å². The molecule has 1 aromatic carbocycles. The summed E-state index contributed by atoms with van der Waals surface area (Å²) in [7, 11) is 1.61. The van der Waals surface area contributed by atoms with Gasteiger partial charge in [-0.1, -0.05) is 19.4 Å². The number of benzene rings is 1. The molecule has 2 aromatic rings. The predicted octanol–water partition coefficient (Wildman–Crippen LogP) is 2.80. The monoisotopic (exact) mass is 600 g/mol. The minimum atomic E-state index is -0.932. The summed E-state index contributed by atoms with van der Waals surface area (Å²) in [6.07, 6.45) is 2.79. The lowest BCUT2D eigenvalue weighted by Crippen LogP contribution is -2.58. The SMILES string of the molecule is CCC[C@@H](CN1CN(C(C)C)C(=O)c2c(O)c(=O)c(C(=O)NCc3ccc(F)cc3I)cn21)OC. The van der Waals surface area contributed by atoms with E-state index >= 15 is 0 Å². The number of fused-ring (bicyclic) bond motifs is 1. The molecular weight excluding hydrogens is 570 g/mol. The number of ether oxygens (including phenoxy) is 1. The number of aromatic hydroxyl groups is 1. The van der Waals surface area contributed by atoms with E-state index in [0.29, 0.717) is 15.7 Å². The van der Waals surface area contributed by atoms with Crippen molar-refractivity contribution in [1.82, 2.24) is 14.9 Å². The van der Waals surface area contributed by atoms with Crippen LogP contribution in [0.3, 0.4) is 0 Å². The lowest BCUT2D eigenvalue weighted by Gasteiger charge is -2.42. The first-order valence-electron chi connectivity index (χ1n) is 11.4. The first-order valence-corrected chi connectivity index (χ1v) is 12.5. The second-order valence-corrected chi connectivity index (χ2v) is 9.84. The van der Waals surface area contributed by atoms with E-state index in [0.717, 1.165) is 12.8 Å². The summed E-state index contributed by atoms with van der Waals surface area (Å²) in [4.78, 5) is 40.5. The van der Waals surface area contributed by atoms with Gasteiger partial charge in [-0.25, -0.2) is 4.39 Å². The van der Waals surface area contributed by atoms with E-state index in [2.05, 4.69) is 5.32 Å². The summed E-state index contributed by atoms with van der Waals surface area (Å²) in [5.74, 6) is -2.38. The Bertz CT molecular complexity index is 1170. The van der Waals surface area contributed by atoms with Crippen LogP contribution < -0.4 is 15.8 Å². The van der Waals surface area contributed by atoms with Crippen LogP contribution in [-0.2, 0) is 11.3 Å². The van der Waals surface area contributed by atoms with E-state index in [4.69, 9.17) is 4.74 Å². The molecule has 190 valence electrons. The number of amides is 2. The number of pyridine rings is 1. The minimum Gasteiger partial charge on any atom is -0.502 e. The lowest BCUT2D eigenvalue weighted by molar-refractivity contribution is 0.0565. The van der Waals surface area contributed by atoms with Crippen LogP contribution in [0.5, 0.6) is 5.75 Å². The Hall–Kier alpha value is -2.67. The number of carbonyl (C=O) groups is 2. The Kier molecular flexibility index (Phi) is 8.75. The van der Waals surface area contributed by atoms with Crippen LogP contribution in [0.15, 0.2) is 29.2 Å². The quantitative estimate of drug-likeness (QED) is 0.430. The maximum atomic E-state index is 13.4. The molecule has 1 aliphatic heterocycles. The average Bonchev–Trinajstić information content (AvgIpc) is 2.81. The zero-order chi connectivity index (χ0) is 25.9. The Morgan fingerprint density at radius 1 is 1.31 bits per heavy atom. The Labute approximate surface area is 217 Å². The number of methoxy groups -OCH3 is 1. The molecule has 0 bridgehead atoms. The summed E-state index contributed by atoms with van der Waals surface area (Å²) < 4.78 is 21.0. The molecule has 1 atom stereocenters. The van der Waals surface area contributed by atoms with Crippen LogP contribution in [0.25, 0.3) is 0 Å². The molecule has 0 spiro atoms. The van der Waals surface area contributed by atoms with Gasteiger partial charge < -0.3 is 20.1 Å². The van der Waals surface area contributed by atoms with Gasteiger partial charge >= 0.3 is 0 Å². The second-order valence-electron chi connectivity index (χ2n) is 8.68. The number of nitrogens with one attached hydrogen (secondary N) is 1. The van der Waals surface area contributed by atoms with Gasteiger partial charge in [0, 0.05) is 29.5 Å². The van der Waals surface area contributed by atoms with E-state index in [-0.39, 0.29) is 42.4 Å². The fraction of sp³-hybridized carbons (Fsp3) is 0.458. The molecule has 11 heteroatoms. The van der Waals surface area contributed by atoms with Crippen LogP contribution in [0, 0.1) is 9.39 Å². The number of hydrogen-bond donors (Lipinski definition) is 2. The largest absolute Gasteiger partial charge is 0.502 e. The van der Waals surface area contributed by atoms with Gasteiger partial charge in [0.05, 0.1) is 12.6 Å². The molecular formula is C24H30FIN4O5. The highest BCUT2D eigenvalue weighted by atomic mass is 127. The van der Waals surface area contributed by atoms with Gasteiger partial charge in [0.1, 0.15) is 18.0 Å². The van der Waals surface area contributed by atoms with Gasteiger partial charge in [0.2, 0.25) is 5.43 Å². The van der Waals surface area contributed by atoms with Crippen LogP contribution in [0.4, 0.5) is 4.39 Å². The van der Waals surface area contributed by atoms with Crippen molar-refractivity contribution in [3.05, 3.63) is 60.8 Å². The summed E-state index contributed by atoms with van der Waals surface area (Å²) in [6, 6.07) is 4.00. The zero-order valence-corrected chi connectivity index (χ0v) is 22.3. The van der Waals surface area contributed by atoms with Gasteiger partial charge in [-0.15, -0.1) is 0 Å². The maximum absolute atomic E-state index is 13.4. The Morgan fingerprint density at radius 3 is 2.63 bits per heavy atom. The van der Waals surface area contributed by atoms with Crippen molar-refractivity contribution < 1.29 is 23.8 Å². The molecule has 0 fully saturated rings. The van der Waals surface area contributed by atoms with Gasteiger partial charge in [-0.05, 0) is 60.6 Å². The smallest absolute Gasteiger partial charge is 0.278 e. The number of carbonyl (C=O) groups excluding carboxylic acids is 2. The average molecular weight is 600 g/mol. The van der Waals surface area contributed by atoms with Gasteiger partial charge in [-0.3, -0.25) is 24.1 Å². The third kappa shape index (κ3) is 5.77. The van der Waals surface area contributed by atoms with E-state index in [1.165, 1.54) is 23.0 Å². The molecule has 3 rings (SSSR count). The zero-order valence-electron chi connectivity index (χ0n) is 20.2. The van der Waals surface area contributed by atoms with E-state index in [1.54, 1.807) is 23.1 Å². The third-order valence-corrected chi connectivity index (χ3v) is 6.93. The molecule has 35 heavy (non-hydrogen) atoms. The van der Waals surface area contributed by atoms with Crippen LogP contribution >= 0.6 is 22.6 Å². The Morgan fingerprint density at radius 2 is 2.03 bits per heavy atom. The third-order valence-electron chi connectivity index (χ3n) is 5.93. The summed E-state index contributed by atoms with van der Waals surface area (Å²) in [6.45, 7) is 6.37. The lowest BCUT2D eigenvalue weighted by atomic mass is 10.1.